The molecule has 0 atom stereocenters. The van der Waals surface area contributed by atoms with Crippen molar-refractivity contribution in [2.45, 2.75) is 70.5 Å². The number of hydrogen-bond donors (Lipinski definition) is 1. The third kappa shape index (κ3) is 4.96. The highest BCUT2D eigenvalue weighted by molar-refractivity contribution is 5.60. The summed E-state index contributed by atoms with van der Waals surface area (Å²) in [6.07, 6.45) is 4.75. The third-order valence-corrected chi connectivity index (χ3v) is 4.48. The summed E-state index contributed by atoms with van der Waals surface area (Å²) < 4.78 is 10.2. The molecule has 4 nitrogen and oxygen atoms in total. The summed E-state index contributed by atoms with van der Waals surface area (Å²) >= 11 is 0. The lowest BCUT2D eigenvalue weighted by molar-refractivity contribution is -0.0536. The van der Waals surface area contributed by atoms with Crippen LogP contribution in [0.2, 0.25) is 0 Å². The zero-order valence-electron chi connectivity index (χ0n) is 14.2. The largest absolute Gasteiger partial charge is 0.508 e. The molecule has 1 aliphatic rings. The van der Waals surface area contributed by atoms with Crippen LogP contribution in [0, 0.1) is 0 Å². The van der Waals surface area contributed by atoms with Gasteiger partial charge >= 0.3 is 6.16 Å². The molecule has 1 aliphatic carbocycles. The SMILES string of the molecule is CCCOC(=O)OC1CCC(O)(c2ccc(CCC)cc2)CC1. The molecule has 4 heteroatoms. The Morgan fingerprint density at radius 1 is 1.17 bits per heavy atom. The van der Waals surface area contributed by atoms with Gasteiger partial charge in [0.15, 0.2) is 0 Å². The van der Waals surface area contributed by atoms with Gasteiger partial charge in [-0.2, -0.15) is 0 Å². The molecule has 1 aromatic rings. The lowest BCUT2D eigenvalue weighted by Gasteiger charge is -2.36. The molecule has 1 N–H and O–H groups in total. The average molecular weight is 320 g/mol. The van der Waals surface area contributed by atoms with Crippen LogP contribution in [0.1, 0.15) is 63.5 Å². The lowest BCUT2D eigenvalue weighted by Crippen LogP contribution is -2.35. The first-order chi connectivity index (χ1) is 11.1. The number of rotatable bonds is 6. The fourth-order valence-corrected chi connectivity index (χ4v) is 3.10. The smallest absolute Gasteiger partial charge is 0.434 e. The van der Waals surface area contributed by atoms with E-state index < -0.39 is 11.8 Å². The molecule has 0 unspecified atom stereocenters. The number of carbonyl (C=O) groups is 1. The van der Waals surface area contributed by atoms with Gasteiger partial charge in [0.05, 0.1) is 12.2 Å². The summed E-state index contributed by atoms with van der Waals surface area (Å²) in [6.45, 7) is 4.49. The van der Waals surface area contributed by atoms with Gasteiger partial charge in [-0.05, 0) is 49.7 Å². The minimum absolute atomic E-state index is 0.154. The van der Waals surface area contributed by atoms with Gasteiger partial charge in [0, 0.05) is 0 Å². The summed E-state index contributed by atoms with van der Waals surface area (Å²) in [5.41, 5.74) is 1.46. The predicted molar refractivity (Wildman–Crippen MR) is 89.3 cm³/mol. The fourth-order valence-electron chi connectivity index (χ4n) is 3.10. The van der Waals surface area contributed by atoms with E-state index >= 15 is 0 Å². The Morgan fingerprint density at radius 2 is 1.83 bits per heavy atom. The molecule has 128 valence electrons. The van der Waals surface area contributed by atoms with Crippen LogP contribution in [0.4, 0.5) is 4.79 Å². The Labute approximate surface area is 138 Å². The summed E-state index contributed by atoms with van der Waals surface area (Å²) in [5, 5.41) is 10.9. The van der Waals surface area contributed by atoms with Crippen molar-refractivity contribution in [1.82, 2.24) is 0 Å². The highest BCUT2D eigenvalue weighted by Gasteiger charge is 2.36. The van der Waals surface area contributed by atoms with Gasteiger partial charge in [-0.25, -0.2) is 4.79 Å². The lowest BCUT2D eigenvalue weighted by atomic mass is 9.78. The first kappa shape index (κ1) is 17.8. The number of ether oxygens (including phenoxy) is 2. The van der Waals surface area contributed by atoms with Crippen LogP contribution in [-0.2, 0) is 21.5 Å². The van der Waals surface area contributed by atoms with E-state index in [0.717, 1.165) is 24.8 Å². The van der Waals surface area contributed by atoms with E-state index in [1.807, 2.05) is 19.1 Å². The van der Waals surface area contributed by atoms with Crippen molar-refractivity contribution >= 4 is 6.16 Å². The van der Waals surface area contributed by atoms with E-state index in [1.54, 1.807) is 0 Å². The summed E-state index contributed by atoms with van der Waals surface area (Å²) in [5.74, 6) is 0. The van der Waals surface area contributed by atoms with E-state index in [2.05, 4.69) is 19.1 Å². The maximum absolute atomic E-state index is 11.5. The zero-order valence-corrected chi connectivity index (χ0v) is 14.2. The molecule has 0 heterocycles. The summed E-state index contributed by atoms with van der Waals surface area (Å²) in [7, 11) is 0. The normalized spacial score (nSPS) is 24.2. The highest BCUT2D eigenvalue weighted by Crippen LogP contribution is 2.38. The van der Waals surface area contributed by atoms with E-state index in [9.17, 15) is 9.90 Å². The molecular formula is C19H28O4. The first-order valence-corrected chi connectivity index (χ1v) is 8.72. The molecule has 1 saturated carbocycles. The quantitative estimate of drug-likeness (QED) is 0.793. The maximum Gasteiger partial charge on any atom is 0.508 e. The van der Waals surface area contributed by atoms with Crippen molar-refractivity contribution in [3.05, 3.63) is 35.4 Å². The minimum atomic E-state index is -0.808. The van der Waals surface area contributed by atoms with Crippen LogP contribution < -0.4 is 0 Å². The number of aryl methyl sites for hydroxylation is 1. The van der Waals surface area contributed by atoms with E-state index in [1.165, 1.54) is 5.56 Å². The van der Waals surface area contributed by atoms with Gasteiger partial charge in [-0.15, -0.1) is 0 Å². The summed E-state index contributed by atoms with van der Waals surface area (Å²) in [4.78, 5) is 11.5. The Hall–Kier alpha value is -1.55. The standard InChI is InChI=1S/C19H28O4/c1-3-5-15-6-8-16(9-7-15)19(21)12-10-17(11-13-19)23-18(20)22-14-4-2/h6-9,17,21H,3-5,10-14H2,1-2H3. The second-order valence-corrected chi connectivity index (χ2v) is 6.39. The number of benzene rings is 1. The molecule has 0 aliphatic heterocycles. The second-order valence-electron chi connectivity index (χ2n) is 6.39. The highest BCUT2D eigenvalue weighted by atomic mass is 16.7. The van der Waals surface area contributed by atoms with Gasteiger partial charge in [-0.3, -0.25) is 0 Å². The van der Waals surface area contributed by atoms with Crippen molar-refractivity contribution in [2.24, 2.45) is 0 Å². The van der Waals surface area contributed by atoms with E-state index in [-0.39, 0.29) is 6.10 Å². The maximum atomic E-state index is 11.5. The molecule has 0 aromatic heterocycles. The number of hydrogen-bond acceptors (Lipinski definition) is 4. The van der Waals surface area contributed by atoms with Gasteiger partial charge < -0.3 is 14.6 Å². The topological polar surface area (TPSA) is 55.8 Å². The molecule has 1 aromatic carbocycles. The molecule has 0 bridgehead atoms. The number of aliphatic hydroxyl groups is 1. The predicted octanol–water partition coefficient (Wildman–Crippen LogP) is 4.33. The van der Waals surface area contributed by atoms with Gasteiger partial charge in [-0.1, -0.05) is 44.5 Å². The Kier molecular flexibility index (Phi) is 6.46. The molecule has 23 heavy (non-hydrogen) atoms. The van der Waals surface area contributed by atoms with Crippen molar-refractivity contribution in [3.63, 3.8) is 0 Å². The molecular weight excluding hydrogens is 292 g/mol. The van der Waals surface area contributed by atoms with Gasteiger partial charge in [0.2, 0.25) is 0 Å². The molecule has 0 radical (unpaired) electrons. The molecule has 0 spiro atoms. The second kappa shape index (κ2) is 8.34. The minimum Gasteiger partial charge on any atom is -0.434 e. The van der Waals surface area contributed by atoms with Crippen molar-refractivity contribution in [3.8, 4) is 0 Å². The zero-order chi connectivity index (χ0) is 16.7. The van der Waals surface area contributed by atoms with Crippen LogP contribution >= 0.6 is 0 Å². The summed E-state index contributed by atoms with van der Waals surface area (Å²) in [6, 6.07) is 8.26. The van der Waals surface area contributed by atoms with Crippen molar-refractivity contribution < 1.29 is 19.4 Å². The molecule has 2 rings (SSSR count). The fraction of sp³-hybridized carbons (Fsp3) is 0.632. The van der Waals surface area contributed by atoms with Gasteiger partial charge in [0.25, 0.3) is 0 Å². The van der Waals surface area contributed by atoms with Gasteiger partial charge in [0.1, 0.15) is 6.10 Å². The van der Waals surface area contributed by atoms with Crippen LogP contribution in [0.5, 0.6) is 0 Å². The Morgan fingerprint density at radius 3 is 2.39 bits per heavy atom. The Bertz CT molecular complexity index is 487. The Balaban J connectivity index is 1.87. The third-order valence-electron chi connectivity index (χ3n) is 4.48. The average Bonchev–Trinajstić information content (AvgIpc) is 2.56. The van der Waals surface area contributed by atoms with E-state index in [0.29, 0.717) is 32.3 Å². The van der Waals surface area contributed by atoms with Crippen molar-refractivity contribution in [2.75, 3.05) is 6.61 Å². The van der Waals surface area contributed by atoms with Crippen LogP contribution in [0.3, 0.4) is 0 Å². The van der Waals surface area contributed by atoms with Crippen LogP contribution in [0.25, 0.3) is 0 Å². The van der Waals surface area contributed by atoms with Crippen LogP contribution in [0.15, 0.2) is 24.3 Å². The number of carbonyl (C=O) groups excluding carboxylic acids is 1. The van der Waals surface area contributed by atoms with Crippen molar-refractivity contribution in [1.29, 1.82) is 0 Å². The van der Waals surface area contributed by atoms with E-state index in [4.69, 9.17) is 9.47 Å². The molecule has 1 fully saturated rings. The molecule has 0 saturated heterocycles. The first-order valence-electron chi connectivity index (χ1n) is 8.72. The van der Waals surface area contributed by atoms with Crippen LogP contribution in [-0.4, -0.2) is 24.0 Å². The monoisotopic (exact) mass is 320 g/mol. The molecule has 0 amide bonds.